The molecule has 1 aromatic rings. The number of rotatable bonds is 2. The molecule has 1 aliphatic rings. The van der Waals surface area contributed by atoms with E-state index in [-0.39, 0.29) is 5.75 Å². The molecule has 2 heteroatoms. The molecule has 1 nitrogen and oxygen atoms in total. The predicted octanol–water partition coefficient (Wildman–Crippen LogP) is 3.44. The van der Waals surface area contributed by atoms with Crippen molar-refractivity contribution in [2.45, 2.75) is 39.0 Å². The van der Waals surface area contributed by atoms with Crippen LogP contribution in [0, 0.1) is 11.7 Å². The first kappa shape index (κ1) is 10.5. The van der Waals surface area contributed by atoms with Crippen LogP contribution in [0.15, 0.2) is 12.1 Å². The Kier molecular flexibility index (Phi) is 2.94. The molecule has 2 rings (SSSR count). The summed E-state index contributed by atoms with van der Waals surface area (Å²) in [6.07, 6.45) is 5.23. The summed E-state index contributed by atoms with van der Waals surface area (Å²) in [5, 5.41) is 9.27. The molecule has 0 saturated heterocycles. The zero-order valence-electron chi connectivity index (χ0n) is 9.09. The van der Waals surface area contributed by atoms with Gasteiger partial charge in [0, 0.05) is 0 Å². The standard InChI is InChI=1S/C13H17FO/c1-2-3-9-4-6-11-10(8-9)5-7-12(15)13(11)14/h5,7,9,15H,2-4,6,8H2,1H3. The number of phenolic OH excluding ortho intramolecular Hbond substituents is 1. The van der Waals surface area contributed by atoms with Crippen LogP contribution in [0.4, 0.5) is 4.39 Å². The van der Waals surface area contributed by atoms with Crippen LogP contribution < -0.4 is 0 Å². The lowest BCUT2D eigenvalue weighted by Gasteiger charge is -2.24. The maximum Gasteiger partial charge on any atom is 0.168 e. The van der Waals surface area contributed by atoms with E-state index in [0.717, 1.165) is 30.4 Å². The fourth-order valence-corrected chi connectivity index (χ4v) is 2.53. The van der Waals surface area contributed by atoms with Crippen molar-refractivity contribution in [3.63, 3.8) is 0 Å². The van der Waals surface area contributed by atoms with E-state index in [9.17, 15) is 9.50 Å². The van der Waals surface area contributed by atoms with Crippen LogP contribution in [-0.2, 0) is 12.8 Å². The summed E-state index contributed by atoms with van der Waals surface area (Å²) in [6.45, 7) is 2.19. The van der Waals surface area contributed by atoms with E-state index in [2.05, 4.69) is 6.92 Å². The Labute approximate surface area is 89.9 Å². The topological polar surface area (TPSA) is 20.2 Å². The number of phenols is 1. The van der Waals surface area contributed by atoms with Crippen molar-refractivity contribution >= 4 is 0 Å². The highest BCUT2D eigenvalue weighted by molar-refractivity contribution is 5.38. The molecular weight excluding hydrogens is 191 g/mol. The summed E-state index contributed by atoms with van der Waals surface area (Å²) in [5.41, 5.74) is 1.83. The second-order valence-corrected chi connectivity index (χ2v) is 4.43. The summed E-state index contributed by atoms with van der Waals surface area (Å²) in [7, 11) is 0. The van der Waals surface area contributed by atoms with Crippen LogP contribution in [0.5, 0.6) is 5.75 Å². The molecule has 1 aromatic carbocycles. The minimum atomic E-state index is -0.401. The maximum absolute atomic E-state index is 13.5. The summed E-state index contributed by atoms with van der Waals surface area (Å²) in [5.74, 6) is 0.0941. The second kappa shape index (κ2) is 4.21. The molecule has 82 valence electrons. The number of hydrogen-bond acceptors (Lipinski definition) is 1. The van der Waals surface area contributed by atoms with Crippen molar-refractivity contribution in [2.24, 2.45) is 5.92 Å². The van der Waals surface area contributed by atoms with E-state index in [1.807, 2.05) is 6.07 Å². The second-order valence-electron chi connectivity index (χ2n) is 4.43. The first-order chi connectivity index (χ1) is 7.22. The number of halogens is 1. The van der Waals surface area contributed by atoms with Gasteiger partial charge in [0.05, 0.1) is 0 Å². The van der Waals surface area contributed by atoms with Gasteiger partial charge in [0.25, 0.3) is 0 Å². The highest BCUT2D eigenvalue weighted by atomic mass is 19.1. The first-order valence-corrected chi connectivity index (χ1v) is 5.71. The minimum absolute atomic E-state index is 0.206. The number of aromatic hydroxyl groups is 1. The molecular formula is C13H17FO. The quantitative estimate of drug-likeness (QED) is 0.789. The predicted molar refractivity (Wildman–Crippen MR) is 58.5 cm³/mol. The smallest absolute Gasteiger partial charge is 0.168 e. The number of fused-ring (bicyclic) bond motifs is 1. The van der Waals surface area contributed by atoms with Crippen molar-refractivity contribution in [1.82, 2.24) is 0 Å². The largest absolute Gasteiger partial charge is 0.505 e. The fourth-order valence-electron chi connectivity index (χ4n) is 2.53. The Morgan fingerprint density at radius 3 is 3.00 bits per heavy atom. The summed E-state index contributed by atoms with van der Waals surface area (Å²) < 4.78 is 13.5. The van der Waals surface area contributed by atoms with Crippen LogP contribution in [0.2, 0.25) is 0 Å². The summed E-state index contributed by atoms with van der Waals surface area (Å²) >= 11 is 0. The highest BCUT2D eigenvalue weighted by Crippen LogP contribution is 2.32. The van der Waals surface area contributed by atoms with E-state index < -0.39 is 5.82 Å². The van der Waals surface area contributed by atoms with E-state index in [0.29, 0.717) is 5.92 Å². The van der Waals surface area contributed by atoms with Gasteiger partial charge in [-0.1, -0.05) is 25.8 Å². The van der Waals surface area contributed by atoms with E-state index in [1.165, 1.54) is 18.9 Å². The Hall–Kier alpha value is -1.05. The van der Waals surface area contributed by atoms with Crippen LogP contribution in [0.25, 0.3) is 0 Å². The molecule has 0 amide bonds. The van der Waals surface area contributed by atoms with Gasteiger partial charge in [0.15, 0.2) is 11.6 Å². The molecule has 0 fully saturated rings. The Morgan fingerprint density at radius 1 is 1.47 bits per heavy atom. The first-order valence-electron chi connectivity index (χ1n) is 5.71. The molecule has 0 radical (unpaired) electrons. The van der Waals surface area contributed by atoms with E-state index >= 15 is 0 Å². The van der Waals surface area contributed by atoms with Crippen molar-refractivity contribution in [2.75, 3.05) is 0 Å². The lowest BCUT2D eigenvalue weighted by Crippen LogP contribution is -2.15. The molecule has 1 unspecified atom stereocenters. The monoisotopic (exact) mass is 208 g/mol. The van der Waals surface area contributed by atoms with Crippen LogP contribution in [-0.4, -0.2) is 5.11 Å². The van der Waals surface area contributed by atoms with Crippen LogP contribution >= 0.6 is 0 Å². The highest BCUT2D eigenvalue weighted by Gasteiger charge is 2.21. The van der Waals surface area contributed by atoms with Crippen molar-refractivity contribution in [3.8, 4) is 5.75 Å². The van der Waals surface area contributed by atoms with Crippen LogP contribution in [0.3, 0.4) is 0 Å². The molecule has 0 aliphatic heterocycles. The molecule has 1 atom stereocenters. The Morgan fingerprint density at radius 2 is 2.27 bits per heavy atom. The molecule has 1 N–H and O–H groups in total. The van der Waals surface area contributed by atoms with Gasteiger partial charge in [0.2, 0.25) is 0 Å². The molecule has 0 saturated carbocycles. The van der Waals surface area contributed by atoms with Gasteiger partial charge in [-0.3, -0.25) is 0 Å². The zero-order chi connectivity index (χ0) is 10.8. The van der Waals surface area contributed by atoms with Gasteiger partial charge in [-0.05, 0) is 42.4 Å². The van der Waals surface area contributed by atoms with Gasteiger partial charge >= 0.3 is 0 Å². The minimum Gasteiger partial charge on any atom is -0.505 e. The summed E-state index contributed by atoms with van der Waals surface area (Å²) in [4.78, 5) is 0. The zero-order valence-corrected chi connectivity index (χ0v) is 9.09. The molecule has 1 aliphatic carbocycles. The SMILES string of the molecule is CCCC1CCc2c(ccc(O)c2F)C1. The van der Waals surface area contributed by atoms with Gasteiger partial charge < -0.3 is 5.11 Å². The van der Waals surface area contributed by atoms with Crippen molar-refractivity contribution in [3.05, 3.63) is 29.1 Å². The fraction of sp³-hybridized carbons (Fsp3) is 0.538. The number of hydrogen-bond donors (Lipinski definition) is 1. The molecule has 0 spiro atoms. The van der Waals surface area contributed by atoms with Crippen LogP contribution in [0.1, 0.15) is 37.3 Å². The van der Waals surface area contributed by atoms with Crippen molar-refractivity contribution < 1.29 is 9.50 Å². The average molecular weight is 208 g/mol. The van der Waals surface area contributed by atoms with Gasteiger partial charge in [0.1, 0.15) is 0 Å². The van der Waals surface area contributed by atoms with E-state index in [1.54, 1.807) is 0 Å². The third kappa shape index (κ3) is 1.99. The average Bonchev–Trinajstić information content (AvgIpc) is 2.24. The lowest BCUT2D eigenvalue weighted by molar-refractivity contribution is 0.396. The third-order valence-electron chi connectivity index (χ3n) is 3.33. The summed E-state index contributed by atoms with van der Waals surface area (Å²) in [6, 6.07) is 3.35. The molecule has 0 bridgehead atoms. The maximum atomic E-state index is 13.5. The van der Waals surface area contributed by atoms with Gasteiger partial charge in [-0.15, -0.1) is 0 Å². The number of benzene rings is 1. The van der Waals surface area contributed by atoms with Crippen molar-refractivity contribution in [1.29, 1.82) is 0 Å². The van der Waals surface area contributed by atoms with Gasteiger partial charge in [-0.25, -0.2) is 4.39 Å². The normalized spacial score (nSPS) is 20.0. The third-order valence-corrected chi connectivity index (χ3v) is 3.33. The Balaban J connectivity index is 2.24. The van der Waals surface area contributed by atoms with Gasteiger partial charge in [-0.2, -0.15) is 0 Å². The molecule has 0 aromatic heterocycles. The van der Waals surface area contributed by atoms with E-state index in [4.69, 9.17) is 0 Å². The lowest BCUT2D eigenvalue weighted by atomic mass is 9.81. The molecule has 15 heavy (non-hydrogen) atoms. The Bertz CT molecular complexity index is 360. The molecule has 0 heterocycles.